The van der Waals surface area contributed by atoms with Crippen molar-refractivity contribution in [2.45, 2.75) is 18.7 Å². The van der Waals surface area contributed by atoms with E-state index in [4.69, 9.17) is 10.5 Å². The van der Waals surface area contributed by atoms with Crippen molar-refractivity contribution in [2.24, 2.45) is 0 Å². The number of nitrogens with zero attached hydrogens (tertiary/aromatic N) is 3. The smallest absolute Gasteiger partial charge is 0.341 e. The summed E-state index contributed by atoms with van der Waals surface area (Å²) in [7, 11) is -4.00. The molecule has 0 aliphatic heterocycles. The number of benzene rings is 1. The van der Waals surface area contributed by atoms with Crippen molar-refractivity contribution in [3.8, 4) is 5.69 Å². The molecule has 32 heavy (non-hydrogen) atoms. The minimum Gasteiger partial charge on any atom is -0.462 e. The molecule has 2 heterocycles. The maximum Gasteiger partial charge on any atom is 0.341 e. The molecule has 0 amide bonds. The van der Waals surface area contributed by atoms with Gasteiger partial charge in [0.1, 0.15) is 11.4 Å². The van der Waals surface area contributed by atoms with Gasteiger partial charge in [-0.1, -0.05) is 0 Å². The van der Waals surface area contributed by atoms with Crippen molar-refractivity contribution < 1.29 is 22.7 Å². The molecule has 3 aromatic rings. The van der Waals surface area contributed by atoms with E-state index in [0.717, 1.165) is 10.6 Å². The third-order valence-electron chi connectivity index (χ3n) is 4.31. The highest BCUT2D eigenvalue weighted by molar-refractivity contribution is 7.92. The van der Waals surface area contributed by atoms with Crippen molar-refractivity contribution in [2.75, 3.05) is 17.1 Å². The maximum atomic E-state index is 12.9. The number of Topliss-reactive ketones (excluding diaryl/α,β-unsaturated/α-hetero) is 1. The van der Waals surface area contributed by atoms with Crippen LogP contribution in [0, 0.1) is 0 Å². The molecule has 0 saturated heterocycles. The molecular weight excluding hydrogens is 438 g/mol. The second-order valence-electron chi connectivity index (χ2n) is 6.45. The van der Waals surface area contributed by atoms with Gasteiger partial charge in [-0.2, -0.15) is 0 Å². The second kappa shape index (κ2) is 8.98. The number of aromatic nitrogens is 3. The van der Waals surface area contributed by atoms with Crippen LogP contribution < -0.4 is 16.0 Å². The van der Waals surface area contributed by atoms with Crippen LogP contribution >= 0.6 is 0 Å². The lowest BCUT2D eigenvalue weighted by Gasteiger charge is -2.15. The van der Waals surface area contributed by atoms with Gasteiger partial charge >= 0.3 is 5.97 Å². The number of hydrogen-bond acceptors (Lipinski definition) is 9. The van der Waals surface area contributed by atoms with Gasteiger partial charge in [-0.25, -0.2) is 27.9 Å². The van der Waals surface area contributed by atoms with Crippen LogP contribution in [0.4, 0.5) is 11.8 Å². The van der Waals surface area contributed by atoms with E-state index < -0.39 is 27.3 Å². The Morgan fingerprint density at radius 3 is 2.31 bits per heavy atom. The second-order valence-corrected chi connectivity index (χ2v) is 8.13. The quantitative estimate of drug-likeness (QED) is 0.394. The lowest BCUT2D eigenvalue weighted by Crippen LogP contribution is -2.29. The number of carbonyl (C=O) groups is 2. The zero-order chi connectivity index (χ0) is 23.5. The summed E-state index contributed by atoms with van der Waals surface area (Å²) < 4.78 is 33.2. The van der Waals surface area contributed by atoms with Gasteiger partial charge in [0.05, 0.1) is 22.8 Å². The predicted molar refractivity (Wildman–Crippen MR) is 115 cm³/mol. The van der Waals surface area contributed by atoms with Crippen LogP contribution in [0.25, 0.3) is 5.69 Å². The molecule has 11 nitrogen and oxygen atoms in total. The highest BCUT2D eigenvalue weighted by atomic mass is 32.2. The van der Waals surface area contributed by atoms with Crippen LogP contribution in [0.15, 0.2) is 58.5 Å². The summed E-state index contributed by atoms with van der Waals surface area (Å²) in [6.07, 6.45) is 2.76. The topological polar surface area (TPSA) is 163 Å². The number of hydrogen-bond donors (Lipinski definition) is 2. The van der Waals surface area contributed by atoms with Gasteiger partial charge in [0, 0.05) is 12.4 Å². The third kappa shape index (κ3) is 4.49. The standard InChI is InChI=1S/C20H19N5O6S/c1-3-31-19(28)16-11-15(12(2)26)18(27)25(17(16)21)13-5-7-14(8-6-13)32(29,30)24-20-22-9-4-10-23-20/h4-11H,3,21H2,1-2H3,(H,22,23,24). The average Bonchev–Trinajstić information content (AvgIpc) is 2.74. The van der Waals surface area contributed by atoms with E-state index in [1.54, 1.807) is 6.92 Å². The van der Waals surface area contributed by atoms with Gasteiger partial charge in [-0.3, -0.25) is 14.2 Å². The molecule has 1 aromatic carbocycles. The molecule has 0 spiro atoms. The Labute approximate surface area is 182 Å². The van der Waals surface area contributed by atoms with Crippen LogP contribution in [0.2, 0.25) is 0 Å². The van der Waals surface area contributed by atoms with Crippen LogP contribution in [0.3, 0.4) is 0 Å². The summed E-state index contributed by atoms with van der Waals surface area (Å²) in [6, 6.07) is 7.73. The van der Waals surface area contributed by atoms with Crippen molar-refractivity contribution in [1.29, 1.82) is 0 Å². The lowest BCUT2D eigenvalue weighted by atomic mass is 10.1. The fourth-order valence-electron chi connectivity index (χ4n) is 2.82. The summed E-state index contributed by atoms with van der Waals surface area (Å²) in [5, 5.41) is 0. The molecule has 0 unspecified atom stereocenters. The average molecular weight is 457 g/mol. The minimum atomic E-state index is -4.00. The van der Waals surface area contributed by atoms with E-state index in [2.05, 4.69) is 14.7 Å². The molecule has 2 aromatic heterocycles. The number of ether oxygens (including phenoxy) is 1. The number of esters is 1. The zero-order valence-electron chi connectivity index (χ0n) is 17.1. The molecule has 0 radical (unpaired) electrons. The summed E-state index contributed by atoms with van der Waals surface area (Å²) in [4.78, 5) is 44.5. The first-order valence-corrected chi connectivity index (χ1v) is 10.8. The first-order valence-electron chi connectivity index (χ1n) is 9.29. The third-order valence-corrected chi connectivity index (χ3v) is 5.65. The lowest BCUT2D eigenvalue weighted by molar-refractivity contribution is 0.0527. The van der Waals surface area contributed by atoms with Gasteiger partial charge in [-0.05, 0) is 50.2 Å². The first-order chi connectivity index (χ1) is 15.2. The molecule has 0 atom stereocenters. The highest BCUT2D eigenvalue weighted by Crippen LogP contribution is 2.21. The summed E-state index contributed by atoms with van der Waals surface area (Å²) in [6.45, 7) is 2.85. The SMILES string of the molecule is CCOC(=O)c1cc(C(C)=O)c(=O)n(-c2ccc(S(=O)(=O)Nc3ncccn3)cc2)c1N. The van der Waals surface area contributed by atoms with Crippen molar-refractivity contribution in [1.82, 2.24) is 14.5 Å². The van der Waals surface area contributed by atoms with E-state index in [0.29, 0.717) is 0 Å². The molecule has 0 aliphatic rings. The number of nitrogens with one attached hydrogen (secondary N) is 1. The molecular formula is C20H19N5O6S. The number of rotatable bonds is 7. The number of anilines is 2. The Hall–Kier alpha value is -4.06. The number of carbonyl (C=O) groups excluding carboxylic acids is 2. The normalized spacial score (nSPS) is 11.1. The van der Waals surface area contributed by atoms with E-state index in [9.17, 15) is 22.8 Å². The zero-order valence-corrected chi connectivity index (χ0v) is 17.9. The van der Waals surface area contributed by atoms with Gasteiger partial charge < -0.3 is 10.5 Å². The van der Waals surface area contributed by atoms with Crippen LogP contribution in [0.5, 0.6) is 0 Å². The predicted octanol–water partition coefficient (Wildman–Crippen LogP) is 1.39. The Balaban J connectivity index is 2.07. The molecule has 3 rings (SSSR count). The fourth-order valence-corrected chi connectivity index (χ4v) is 3.77. The van der Waals surface area contributed by atoms with Crippen LogP contribution in [-0.2, 0) is 14.8 Å². The molecule has 166 valence electrons. The first kappa shape index (κ1) is 22.6. The summed E-state index contributed by atoms with van der Waals surface area (Å²) in [5.74, 6) is -1.72. The van der Waals surface area contributed by atoms with Crippen molar-refractivity contribution in [3.05, 3.63) is 70.3 Å². The Bertz CT molecular complexity index is 1340. The monoisotopic (exact) mass is 457 g/mol. The number of nitrogens with two attached hydrogens (primary N) is 1. The van der Waals surface area contributed by atoms with Gasteiger partial charge in [-0.15, -0.1) is 0 Å². The Morgan fingerprint density at radius 1 is 1.12 bits per heavy atom. The number of ketones is 1. The van der Waals surface area contributed by atoms with Gasteiger partial charge in [0.15, 0.2) is 5.78 Å². The molecule has 0 fully saturated rings. The summed E-state index contributed by atoms with van der Waals surface area (Å²) >= 11 is 0. The number of pyridine rings is 1. The molecule has 12 heteroatoms. The highest BCUT2D eigenvalue weighted by Gasteiger charge is 2.22. The van der Waals surface area contributed by atoms with Crippen molar-refractivity contribution in [3.63, 3.8) is 0 Å². The number of nitrogen functional groups attached to an aromatic ring is 1. The molecule has 0 bridgehead atoms. The van der Waals surface area contributed by atoms with Gasteiger partial charge in [0.25, 0.3) is 15.6 Å². The summed E-state index contributed by atoms with van der Waals surface area (Å²) in [5.41, 5.74) is 5.02. The molecule has 0 aliphatic carbocycles. The van der Waals surface area contributed by atoms with Crippen molar-refractivity contribution >= 4 is 33.5 Å². The van der Waals surface area contributed by atoms with E-state index in [-0.39, 0.29) is 40.1 Å². The van der Waals surface area contributed by atoms with E-state index in [1.165, 1.54) is 49.6 Å². The number of sulfonamides is 1. The molecule has 0 saturated carbocycles. The van der Waals surface area contributed by atoms with E-state index >= 15 is 0 Å². The Morgan fingerprint density at radius 2 is 1.75 bits per heavy atom. The van der Waals surface area contributed by atoms with Crippen LogP contribution in [-0.4, -0.2) is 41.3 Å². The maximum absolute atomic E-state index is 12.9. The minimum absolute atomic E-state index is 0.0670. The molecule has 3 N–H and O–H groups in total. The van der Waals surface area contributed by atoms with E-state index in [1.807, 2.05) is 0 Å². The fraction of sp³-hybridized carbons (Fsp3) is 0.150. The largest absolute Gasteiger partial charge is 0.462 e. The van der Waals surface area contributed by atoms with Crippen LogP contribution in [0.1, 0.15) is 34.6 Å². The van der Waals surface area contributed by atoms with Gasteiger partial charge in [0.2, 0.25) is 5.95 Å². The Kier molecular flexibility index (Phi) is 6.35.